The van der Waals surface area contributed by atoms with Crippen LogP contribution in [0.25, 0.3) is 0 Å². The minimum atomic E-state index is -2.41. The molecule has 2 aromatic carbocycles. The van der Waals surface area contributed by atoms with Crippen LogP contribution in [0.4, 0.5) is 0 Å². The van der Waals surface area contributed by atoms with Crippen LogP contribution in [0.1, 0.15) is 11.1 Å². The van der Waals surface area contributed by atoms with Gasteiger partial charge in [-0.25, -0.2) is 0 Å². The highest BCUT2D eigenvalue weighted by Gasteiger charge is 2.44. The lowest BCUT2D eigenvalue weighted by Gasteiger charge is -2.40. The van der Waals surface area contributed by atoms with Crippen molar-refractivity contribution in [2.24, 2.45) is 0 Å². The van der Waals surface area contributed by atoms with Gasteiger partial charge in [-0.05, 0) is 75.3 Å². The molecule has 0 saturated heterocycles. The van der Waals surface area contributed by atoms with E-state index in [1.807, 2.05) is 0 Å². The molecule has 0 atom stereocenters. The highest BCUT2D eigenvalue weighted by atomic mass is 28.5. The fourth-order valence-corrected chi connectivity index (χ4v) is 20.0. The monoisotopic (exact) mass is 462 g/mol. The zero-order valence-electron chi connectivity index (χ0n) is 19.0. The van der Waals surface area contributed by atoms with E-state index in [1.54, 1.807) is 0 Å². The van der Waals surface area contributed by atoms with E-state index in [-0.39, 0.29) is 0 Å². The molecule has 0 aliphatic heterocycles. The molecule has 0 radical (unpaired) electrons. The minimum absolute atomic E-state index is 0.995. The zero-order chi connectivity index (χ0) is 21.3. The smallest absolute Gasteiger partial charge is 0.319 e. The average Bonchev–Trinajstić information content (AvgIpc) is 2.64. The zero-order valence-corrected chi connectivity index (χ0v) is 23.3. The molecule has 0 amide bonds. The van der Waals surface area contributed by atoms with Crippen LogP contribution < -0.4 is 0 Å². The fourth-order valence-electron chi connectivity index (χ4n) is 3.80. The molecule has 0 N–H and O–H groups in total. The van der Waals surface area contributed by atoms with Crippen LogP contribution in [0.2, 0.25) is 51.4 Å². The summed E-state index contributed by atoms with van der Waals surface area (Å²) in [6.07, 6.45) is 2.01. The lowest BCUT2D eigenvalue weighted by Crippen LogP contribution is -2.55. The number of aryl methyl sites for hydroxylation is 2. The van der Waals surface area contributed by atoms with Gasteiger partial charge < -0.3 is 12.3 Å². The van der Waals surface area contributed by atoms with Crippen molar-refractivity contribution in [2.45, 2.75) is 64.2 Å². The van der Waals surface area contributed by atoms with E-state index < -0.39 is 35.2 Å². The summed E-state index contributed by atoms with van der Waals surface area (Å²) in [5, 5.41) is 0. The molecule has 0 fully saturated rings. The second kappa shape index (κ2) is 11.5. The van der Waals surface area contributed by atoms with Gasteiger partial charge in [0.05, 0.1) is 0 Å². The Hall–Kier alpha value is -0.812. The number of hydrogen-bond donors (Lipinski definition) is 0. The topological polar surface area (TPSA) is 27.7 Å². The molecule has 0 unspecified atom stereocenters. The van der Waals surface area contributed by atoms with E-state index in [2.05, 4.69) is 99.9 Å². The Morgan fingerprint density at radius 2 is 1.07 bits per heavy atom. The van der Waals surface area contributed by atoms with Crippen LogP contribution in [0, 0.1) is 0 Å². The average molecular weight is 463 g/mol. The molecule has 0 aliphatic carbocycles. The van der Waals surface area contributed by atoms with Crippen molar-refractivity contribution in [2.75, 3.05) is 0 Å². The van der Waals surface area contributed by atoms with Gasteiger partial charge in [0.25, 0.3) is 0 Å². The summed E-state index contributed by atoms with van der Waals surface area (Å²) in [6.45, 7) is 13.4. The second-order valence-electron chi connectivity index (χ2n) is 8.72. The molecule has 0 aromatic heterocycles. The van der Waals surface area contributed by atoms with E-state index in [0.717, 1.165) is 24.9 Å². The molecule has 0 bridgehead atoms. The molecule has 7 heteroatoms. The molecule has 0 saturated carbocycles. The Labute approximate surface area is 183 Å². The normalized spacial score (nSPS) is 12.7. The molecular weight excluding hydrogens is 425 g/mol. The van der Waals surface area contributed by atoms with Crippen LogP contribution in [0.15, 0.2) is 60.7 Å². The van der Waals surface area contributed by atoms with Crippen molar-refractivity contribution >= 4 is 35.2 Å². The maximum absolute atomic E-state index is 6.99. The molecule has 3 nitrogen and oxygen atoms in total. The van der Waals surface area contributed by atoms with Gasteiger partial charge in [0.2, 0.25) is 0 Å². The van der Waals surface area contributed by atoms with E-state index in [1.165, 1.54) is 11.1 Å². The van der Waals surface area contributed by atoms with Crippen LogP contribution in [-0.4, -0.2) is 35.2 Å². The lowest BCUT2D eigenvalue weighted by atomic mass is 10.2. The molecular formula is C22H38O3Si4. The van der Waals surface area contributed by atoms with Gasteiger partial charge in [0.15, 0.2) is 18.1 Å². The van der Waals surface area contributed by atoms with Crippen molar-refractivity contribution in [1.29, 1.82) is 0 Å². The Balaban J connectivity index is 2.26. The molecule has 2 rings (SSSR count). The van der Waals surface area contributed by atoms with Crippen LogP contribution in [0.5, 0.6) is 0 Å². The van der Waals surface area contributed by atoms with Gasteiger partial charge in [-0.3, -0.25) is 0 Å². The molecule has 160 valence electrons. The third kappa shape index (κ3) is 9.25. The summed E-state index contributed by atoms with van der Waals surface area (Å²) in [5.41, 5.74) is 2.72. The molecule has 0 heterocycles. The van der Waals surface area contributed by atoms with Gasteiger partial charge in [0, 0.05) is 0 Å². The Morgan fingerprint density at radius 3 is 1.45 bits per heavy atom. The van der Waals surface area contributed by atoms with Gasteiger partial charge >= 0.3 is 17.1 Å². The van der Waals surface area contributed by atoms with E-state index in [9.17, 15) is 0 Å². The van der Waals surface area contributed by atoms with Gasteiger partial charge in [-0.1, -0.05) is 60.7 Å². The van der Waals surface area contributed by atoms with E-state index in [4.69, 9.17) is 12.3 Å². The van der Waals surface area contributed by atoms with Gasteiger partial charge in [-0.2, -0.15) is 0 Å². The molecule has 0 aliphatic rings. The number of rotatable bonds is 12. The highest BCUT2D eigenvalue weighted by Crippen LogP contribution is 2.29. The highest BCUT2D eigenvalue weighted by molar-refractivity contribution is 6.85. The van der Waals surface area contributed by atoms with Crippen LogP contribution >= 0.6 is 0 Å². The van der Waals surface area contributed by atoms with Crippen molar-refractivity contribution in [3.63, 3.8) is 0 Å². The van der Waals surface area contributed by atoms with Gasteiger partial charge in [-0.15, -0.1) is 0 Å². The first kappa shape index (κ1) is 24.5. The summed E-state index contributed by atoms with van der Waals surface area (Å²) in [6, 6.07) is 23.5. The maximum Gasteiger partial charge on any atom is 0.319 e. The predicted octanol–water partition coefficient (Wildman–Crippen LogP) is 5.63. The maximum atomic E-state index is 6.99. The predicted molar refractivity (Wildman–Crippen MR) is 134 cm³/mol. The number of benzene rings is 2. The summed E-state index contributed by atoms with van der Waals surface area (Å²) < 4.78 is 20.2. The summed E-state index contributed by atoms with van der Waals surface area (Å²) in [4.78, 5) is 0. The Morgan fingerprint density at radius 1 is 0.655 bits per heavy atom. The van der Waals surface area contributed by atoms with Crippen molar-refractivity contribution in [1.82, 2.24) is 0 Å². The van der Waals surface area contributed by atoms with E-state index in [0.29, 0.717) is 0 Å². The van der Waals surface area contributed by atoms with Crippen molar-refractivity contribution in [3.8, 4) is 0 Å². The van der Waals surface area contributed by atoms with Crippen LogP contribution in [0.3, 0.4) is 0 Å². The minimum Gasteiger partial charge on any atom is -0.440 e. The van der Waals surface area contributed by atoms with Crippen LogP contribution in [-0.2, 0) is 25.2 Å². The summed E-state index contributed by atoms with van der Waals surface area (Å²) >= 11 is 0. The molecule has 2 aromatic rings. The first-order valence-electron chi connectivity index (χ1n) is 10.8. The van der Waals surface area contributed by atoms with Crippen molar-refractivity contribution < 1.29 is 12.3 Å². The second-order valence-corrected chi connectivity index (χ2v) is 21.2. The third-order valence-electron chi connectivity index (χ3n) is 4.68. The van der Waals surface area contributed by atoms with E-state index >= 15 is 0 Å². The first-order valence-corrected chi connectivity index (χ1v) is 21.4. The first-order chi connectivity index (χ1) is 13.7. The Bertz CT molecular complexity index is 665. The quantitative estimate of drug-likeness (QED) is 0.382. The number of hydrogen-bond acceptors (Lipinski definition) is 3. The SMILES string of the molecule is C[SiH](C)O[Si](C)(C)O[Si](CCc1ccccc1)(CCc1ccccc1)O[SiH](C)C. The largest absolute Gasteiger partial charge is 0.440 e. The standard InChI is InChI=1S/C22H38O3Si4/c1-26(2)23-28(5,6)25-29(24-27(3)4,19-17-21-13-9-7-10-14-21)20-18-22-15-11-8-12-16-22/h7-16,26-27H,17-20H2,1-6H3. The third-order valence-corrected chi connectivity index (χ3v) is 17.9. The Kier molecular flexibility index (Phi) is 9.74. The lowest BCUT2D eigenvalue weighted by molar-refractivity contribution is 0.324. The molecule has 0 spiro atoms. The summed E-state index contributed by atoms with van der Waals surface area (Å²) in [7, 11) is -7.05. The van der Waals surface area contributed by atoms with Gasteiger partial charge in [0.1, 0.15) is 0 Å². The fraction of sp³-hybridized carbons (Fsp3) is 0.455. The molecule has 29 heavy (non-hydrogen) atoms. The summed E-state index contributed by atoms with van der Waals surface area (Å²) in [5.74, 6) is 0. The van der Waals surface area contributed by atoms with Crippen molar-refractivity contribution in [3.05, 3.63) is 71.8 Å².